The van der Waals surface area contributed by atoms with Gasteiger partial charge in [0.2, 0.25) is 5.91 Å². The SMILES string of the molecule is COCCOC(=O)Nc1cccc(NC(=O)CSCc2ccc(C)cc2)c1. The first kappa shape index (κ1) is 20.8. The summed E-state index contributed by atoms with van der Waals surface area (Å²) in [6, 6.07) is 15.2. The topological polar surface area (TPSA) is 76.7 Å². The monoisotopic (exact) mass is 388 g/mol. The van der Waals surface area contributed by atoms with Gasteiger partial charge in [-0.05, 0) is 30.7 Å². The molecule has 2 aromatic carbocycles. The van der Waals surface area contributed by atoms with E-state index in [0.29, 0.717) is 23.7 Å². The second-order valence-electron chi connectivity index (χ2n) is 5.86. The Bertz CT molecular complexity index is 750. The summed E-state index contributed by atoms with van der Waals surface area (Å²) in [6.45, 7) is 2.56. The van der Waals surface area contributed by atoms with Crippen molar-refractivity contribution in [3.05, 3.63) is 59.7 Å². The number of carbonyl (C=O) groups excluding carboxylic acids is 2. The van der Waals surface area contributed by atoms with Crippen LogP contribution in [0.5, 0.6) is 0 Å². The summed E-state index contributed by atoms with van der Waals surface area (Å²) in [5.74, 6) is 1.04. The highest BCUT2D eigenvalue weighted by atomic mass is 32.2. The Morgan fingerprint density at radius 2 is 1.70 bits per heavy atom. The zero-order valence-corrected chi connectivity index (χ0v) is 16.3. The van der Waals surface area contributed by atoms with Crippen LogP contribution in [0.3, 0.4) is 0 Å². The maximum Gasteiger partial charge on any atom is 0.411 e. The van der Waals surface area contributed by atoms with Crippen LogP contribution in [0.15, 0.2) is 48.5 Å². The summed E-state index contributed by atoms with van der Waals surface area (Å²) in [5.41, 5.74) is 3.57. The van der Waals surface area contributed by atoms with E-state index in [1.807, 2.05) is 6.92 Å². The molecule has 0 saturated carbocycles. The molecule has 0 aliphatic heterocycles. The van der Waals surface area contributed by atoms with Gasteiger partial charge in [0.1, 0.15) is 6.61 Å². The van der Waals surface area contributed by atoms with E-state index in [0.717, 1.165) is 5.75 Å². The first-order chi connectivity index (χ1) is 13.1. The molecule has 27 heavy (non-hydrogen) atoms. The van der Waals surface area contributed by atoms with Crippen molar-refractivity contribution in [2.75, 3.05) is 36.7 Å². The largest absolute Gasteiger partial charge is 0.447 e. The van der Waals surface area contributed by atoms with Crippen LogP contribution in [0.1, 0.15) is 11.1 Å². The van der Waals surface area contributed by atoms with Crippen molar-refractivity contribution in [2.24, 2.45) is 0 Å². The van der Waals surface area contributed by atoms with Gasteiger partial charge in [-0.3, -0.25) is 10.1 Å². The van der Waals surface area contributed by atoms with Gasteiger partial charge in [0.15, 0.2) is 0 Å². The van der Waals surface area contributed by atoms with Crippen molar-refractivity contribution in [2.45, 2.75) is 12.7 Å². The number of amides is 2. The molecular weight excluding hydrogens is 364 g/mol. The number of nitrogens with one attached hydrogen (secondary N) is 2. The minimum Gasteiger partial charge on any atom is -0.447 e. The molecule has 0 bridgehead atoms. The van der Waals surface area contributed by atoms with Crippen LogP contribution in [-0.4, -0.2) is 38.1 Å². The van der Waals surface area contributed by atoms with Gasteiger partial charge in [-0.25, -0.2) is 4.79 Å². The first-order valence-corrected chi connectivity index (χ1v) is 9.68. The molecule has 2 aromatic rings. The fourth-order valence-electron chi connectivity index (χ4n) is 2.19. The Kier molecular flexibility index (Phi) is 8.67. The second kappa shape index (κ2) is 11.3. The van der Waals surface area contributed by atoms with E-state index in [2.05, 4.69) is 34.9 Å². The molecule has 0 heterocycles. The third-order valence-corrected chi connectivity index (χ3v) is 4.54. The molecule has 0 radical (unpaired) electrons. The highest BCUT2D eigenvalue weighted by Gasteiger charge is 2.06. The summed E-state index contributed by atoms with van der Waals surface area (Å²) in [5, 5.41) is 5.44. The zero-order valence-electron chi connectivity index (χ0n) is 15.5. The predicted octanol–water partition coefficient (Wildman–Crippen LogP) is 4.06. The molecular formula is C20H24N2O4S. The molecule has 0 spiro atoms. The standard InChI is InChI=1S/C20H24N2O4S/c1-15-6-8-16(9-7-15)13-27-14-19(23)21-17-4-3-5-18(12-17)22-20(24)26-11-10-25-2/h3-9,12H,10-11,13-14H2,1-2H3,(H,21,23)(H,22,24). The summed E-state index contributed by atoms with van der Waals surface area (Å²) in [7, 11) is 1.53. The minimum atomic E-state index is -0.566. The van der Waals surface area contributed by atoms with Gasteiger partial charge in [0.05, 0.1) is 12.4 Å². The normalized spacial score (nSPS) is 10.3. The van der Waals surface area contributed by atoms with E-state index in [9.17, 15) is 9.59 Å². The van der Waals surface area contributed by atoms with E-state index < -0.39 is 6.09 Å². The number of methoxy groups -OCH3 is 1. The molecule has 2 N–H and O–H groups in total. The number of rotatable bonds is 9. The number of hydrogen-bond donors (Lipinski definition) is 2. The lowest BCUT2D eigenvalue weighted by atomic mass is 10.2. The van der Waals surface area contributed by atoms with E-state index in [-0.39, 0.29) is 12.5 Å². The average molecular weight is 388 g/mol. The van der Waals surface area contributed by atoms with Crippen LogP contribution in [-0.2, 0) is 20.0 Å². The lowest BCUT2D eigenvalue weighted by Gasteiger charge is -2.09. The molecule has 144 valence electrons. The maximum absolute atomic E-state index is 12.1. The van der Waals surface area contributed by atoms with Gasteiger partial charge in [-0.1, -0.05) is 35.9 Å². The number of anilines is 2. The van der Waals surface area contributed by atoms with Crippen LogP contribution in [0.2, 0.25) is 0 Å². The molecule has 7 heteroatoms. The summed E-state index contributed by atoms with van der Waals surface area (Å²) in [6.07, 6.45) is -0.566. The molecule has 6 nitrogen and oxygen atoms in total. The molecule has 0 aliphatic carbocycles. The molecule has 0 aromatic heterocycles. The molecule has 2 rings (SSSR count). The predicted molar refractivity (Wildman–Crippen MR) is 109 cm³/mol. The number of benzene rings is 2. The third kappa shape index (κ3) is 8.15. The van der Waals surface area contributed by atoms with Gasteiger partial charge in [-0.15, -0.1) is 11.8 Å². The average Bonchev–Trinajstić information content (AvgIpc) is 2.64. The number of thioether (sulfide) groups is 1. The molecule has 2 amide bonds. The fourth-order valence-corrected chi connectivity index (χ4v) is 2.98. The summed E-state index contributed by atoms with van der Waals surface area (Å²) >= 11 is 1.55. The third-order valence-electron chi connectivity index (χ3n) is 3.54. The van der Waals surface area contributed by atoms with Gasteiger partial charge >= 0.3 is 6.09 Å². The Balaban J connectivity index is 1.76. The van der Waals surface area contributed by atoms with Crippen molar-refractivity contribution in [3.63, 3.8) is 0 Å². The van der Waals surface area contributed by atoms with Crippen LogP contribution in [0.25, 0.3) is 0 Å². The molecule has 0 unspecified atom stereocenters. The van der Waals surface area contributed by atoms with Crippen molar-refractivity contribution in [1.29, 1.82) is 0 Å². The van der Waals surface area contributed by atoms with E-state index in [1.165, 1.54) is 18.2 Å². The van der Waals surface area contributed by atoms with Crippen molar-refractivity contribution >= 4 is 35.1 Å². The Labute approximate surface area is 163 Å². The van der Waals surface area contributed by atoms with Crippen molar-refractivity contribution in [1.82, 2.24) is 0 Å². The van der Waals surface area contributed by atoms with Crippen LogP contribution in [0.4, 0.5) is 16.2 Å². The van der Waals surface area contributed by atoms with E-state index in [4.69, 9.17) is 9.47 Å². The second-order valence-corrected chi connectivity index (χ2v) is 6.85. The van der Waals surface area contributed by atoms with Crippen molar-refractivity contribution in [3.8, 4) is 0 Å². The number of aryl methyl sites for hydroxylation is 1. The van der Waals surface area contributed by atoms with E-state index >= 15 is 0 Å². The quantitative estimate of drug-likeness (QED) is 0.634. The molecule has 0 saturated heterocycles. The zero-order chi connectivity index (χ0) is 19.5. The maximum atomic E-state index is 12.1. The van der Waals surface area contributed by atoms with Gasteiger partial charge < -0.3 is 14.8 Å². The first-order valence-electron chi connectivity index (χ1n) is 8.53. The highest BCUT2D eigenvalue weighted by Crippen LogP contribution is 2.17. The number of ether oxygens (including phenoxy) is 2. The Morgan fingerprint density at radius 3 is 2.41 bits per heavy atom. The highest BCUT2D eigenvalue weighted by molar-refractivity contribution is 7.99. The van der Waals surface area contributed by atoms with Crippen molar-refractivity contribution < 1.29 is 19.1 Å². The fraction of sp³-hybridized carbons (Fsp3) is 0.300. The summed E-state index contributed by atoms with van der Waals surface area (Å²) < 4.78 is 9.76. The van der Waals surface area contributed by atoms with Gasteiger partial charge in [0.25, 0.3) is 0 Å². The van der Waals surface area contributed by atoms with Crippen LogP contribution >= 0.6 is 11.8 Å². The molecule has 0 atom stereocenters. The number of hydrogen-bond acceptors (Lipinski definition) is 5. The minimum absolute atomic E-state index is 0.0908. The number of carbonyl (C=O) groups is 2. The van der Waals surface area contributed by atoms with Crippen LogP contribution in [0, 0.1) is 6.92 Å². The van der Waals surface area contributed by atoms with Gasteiger partial charge in [-0.2, -0.15) is 0 Å². The lowest BCUT2D eigenvalue weighted by molar-refractivity contribution is -0.113. The molecule has 0 aliphatic rings. The molecule has 0 fully saturated rings. The Hall–Kier alpha value is -2.51. The van der Waals surface area contributed by atoms with Crippen LogP contribution < -0.4 is 10.6 Å². The lowest BCUT2D eigenvalue weighted by Crippen LogP contribution is -2.17. The van der Waals surface area contributed by atoms with Gasteiger partial charge in [0, 0.05) is 24.2 Å². The Morgan fingerprint density at radius 1 is 1.00 bits per heavy atom. The van der Waals surface area contributed by atoms with E-state index in [1.54, 1.807) is 36.0 Å². The summed E-state index contributed by atoms with van der Waals surface area (Å²) in [4.78, 5) is 23.7. The smallest absolute Gasteiger partial charge is 0.411 e.